The summed E-state index contributed by atoms with van der Waals surface area (Å²) in [6, 6.07) is 12.1. The zero-order valence-electron chi connectivity index (χ0n) is 15.8. The van der Waals surface area contributed by atoms with Gasteiger partial charge in [-0.2, -0.15) is 5.10 Å². The molecule has 30 heavy (non-hydrogen) atoms. The summed E-state index contributed by atoms with van der Waals surface area (Å²) in [5, 5.41) is 9.51. The molecule has 1 aromatic carbocycles. The third-order valence-corrected chi connectivity index (χ3v) is 5.28. The summed E-state index contributed by atoms with van der Waals surface area (Å²) in [5.41, 5.74) is 2.23. The van der Waals surface area contributed by atoms with E-state index in [9.17, 15) is 14.4 Å². The molecule has 152 valence electrons. The Bertz CT molecular complexity index is 1050. The number of urea groups is 1. The first-order chi connectivity index (χ1) is 14.6. The maximum atomic E-state index is 12.3. The Morgan fingerprint density at radius 2 is 1.93 bits per heavy atom. The van der Waals surface area contributed by atoms with Crippen molar-refractivity contribution in [1.29, 1.82) is 0 Å². The van der Waals surface area contributed by atoms with Gasteiger partial charge < -0.3 is 10.6 Å². The minimum atomic E-state index is -0.362. The van der Waals surface area contributed by atoms with Gasteiger partial charge >= 0.3 is 6.03 Å². The second-order valence-electron chi connectivity index (χ2n) is 6.48. The van der Waals surface area contributed by atoms with Gasteiger partial charge in [0.05, 0.1) is 12.3 Å². The summed E-state index contributed by atoms with van der Waals surface area (Å²) in [6.07, 6.45) is 5.12. The lowest BCUT2D eigenvalue weighted by atomic mass is 10.2. The Balaban J connectivity index is 1.33. The second-order valence-corrected chi connectivity index (χ2v) is 7.40. The van der Waals surface area contributed by atoms with E-state index in [4.69, 9.17) is 0 Å². The van der Waals surface area contributed by atoms with Crippen LogP contribution in [0.5, 0.6) is 0 Å². The van der Waals surface area contributed by atoms with Crippen LogP contribution in [0.1, 0.15) is 11.1 Å². The highest BCUT2D eigenvalue weighted by Gasteiger charge is 2.29. The van der Waals surface area contributed by atoms with E-state index in [0.29, 0.717) is 11.5 Å². The number of carbonyl (C=O) groups excluding carboxylic acids is 3. The number of nitrogens with one attached hydrogen (secondary N) is 2. The number of hydrogen-bond donors (Lipinski definition) is 2. The highest BCUT2D eigenvalue weighted by Crippen LogP contribution is 2.21. The maximum Gasteiger partial charge on any atom is 0.319 e. The summed E-state index contributed by atoms with van der Waals surface area (Å²) in [7, 11) is 0. The SMILES string of the molecule is O=C(NCc1cccnc1-n1cccn1)Nc1ccc(CN2C(=O)CSC2=O)cc1. The number of nitrogens with zero attached hydrogens (tertiary/aromatic N) is 4. The minimum absolute atomic E-state index is 0.184. The molecule has 3 aromatic rings. The van der Waals surface area contributed by atoms with Crippen LogP contribution in [0.3, 0.4) is 0 Å². The molecule has 3 heterocycles. The van der Waals surface area contributed by atoms with E-state index >= 15 is 0 Å². The smallest absolute Gasteiger partial charge is 0.319 e. The average molecular weight is 422 g/mol. The number of thioether (sulfide) groups is 1. The summed E-state index contributed by atoms with van der Waals surface area (Å²) in [4.78, 5) is 41.2. The number of rotatable bonds is 6. The van der Waals surface area contributed by atoms with Gasteiger partial charge in [-0.15, -0.1) is 0 Å². The third-order valence-electron chi connectivity index (χ3n) is 4.42. The number of aromatic nitrogens is 3. The van der Waals surface area contributed by atoms with E-state index in [1.807, 2.05) is 6.07 Å². The van der Waals surface area contributed by atoms with Crippen molar-refractivity contribution in [2.75, 3.05) is 11.1 Å². The summed E-state index contributed by atoms with van der Waals surface area (Å²) in [5.74, 6) is 0.658. The van der Waals surface area contributed by atoms with Gasteiger partial charge in [-0.1, -0.05) is 30.0 Å². The molecule has 0 spiro atoms. The van der Waals surface area contributed by atoms with E-state index in [0.717, 1.165) is 22.9 Å². The molecule has 1 aliphatic rings. The first-order valence-corrected chi connectivity index (χ1v) is 10.1. The van der Waals surface area contributed by atoms with Crippen LogP contribution >= 0.6 is 11.8 Å². The van der Waals surface area contributed by atoms with Gasteiger partial charge in [0.25, 0.3) is 5.24 Å². The molecule has 10 heteroatoms. The molecule has 0 saturated carbocycles. The highest BCUT2D eigenvalue weighted by molar-refractivity contribution is 8.14. The Labute approximate surface area is 176 Å². The first-order valence-electron chi connectivity index (χ1n) is 9.15. The van der Waals surface area contributed by atoms with Crippen molar-refractivity contribution in [3.8, 4) is 5.82 Å². The monoisotopic (exact) mass is 422 g/mol. The van der Waals surface area contributed by atoms with Crippen LogP contribution in [0.4, 0.5) is 15.3 Å². The molecular weight excluding hydrogens is 404 g/mol. The minimum Gasteiger partial charge on any atom is -0.334 e. The predicted octanol–water partition coefficient (Wildman–Crippen LogP) is 2.78. The highest BCUT2D eigenvalue weighted by atomic mass is 32.2. The molecule has 0 bridgehead atoms. The second kappa shape index (κ2) is 8.78. The van der Waals surface area contributed by atoms with Crippen molar-refractivity contribution >= 4 is 34.6 Å². The van der Waals surface area contributed by atoms with E-state index in [-0.39, 0.29) is 36.0 Å². The number of benzene rings is 1. The van der Waals surface area contributed by atoms with Crippen molar-refractivity contribution < 1.29 is 14.4 Å². The predicted molar refractivity (Wildman–Crippen MR) is 112 cm³/mol. The van der Waals surface area contributed by atoms with Crippen LogP contribution in [-0.4, -0.2) is 42.6 Å². The number of imide groups is 1. The van der Waals surface area contributed by atoms with Crippen LogP contribution < -0.4 is 10.6 Å². The molecule has 0 radical (unpaired) electrons. The average Bonchev–Trinajstić information content (AvgIpc) is 3.40. The number of anilines is 1. The summed E-state index contributed by atoms with van der Waals surface area (Å²) in [6.45, 7) is 0.512. The van der Waals surface area contributed by atoms with Crippen LogP contribution in [0.25, 0.3) is 5.82 Å². The van der Waals surface area contributed by atoms with Crippen molar-refractivity contribution in [1.82, 2.24) is 25.0 Å². The number of amides is 4. The van der Waals surface area contributed by atoms with Crippen LogP contribution in [0.2, 0.25) is 0 Å². The molecule has 0 aliphatic carbocycles. The molecule has 4 amide bonds. The van der Waals surface area contributed by atoms with Gasteiger partial charge in [-0.05, 0) is 29.8 Å². The number of carbonyl (C=O) groups is 3. The normalized spacial score (nSPS) is 13.5. The molecule has 1 aliphatic heterocycles. The molecule has 1 fully saturated rings. The van der Waals surface area contributed by atoms with E-state index in [1.165, 1.54) is 4.90 Å². The molecule has 1 saturated heterocycles. The van der Waals surface area contributed by atoms with Gasteiger partial charge in [-0.25, -0.2) is 14.5 Å². The van der Waals surface area contributed by atoms with Gasteiger partial charge in [-0.3, -0.25) is 14.5 Å². The largest absolute Gasteiger partial charge is 0.334 e. The first kappa shape index (κ1) is 19.6. The topological polar surface area (TPSA) is 109 Å². The van der Waals surface area contributed by atoms with Gasteiger partial charge in [0.2, 0.25) is 5.91 Å². The molecule has 2 aromatic heterocycles. The Hall–Kier alpha value is -3.66. The van der Waals surface area contributed by atoms with Crippen molar-refractivity contribution in [2.45, 2.75) is 13.1 Å². The fourth-order valence-corrected chi connectivity index (χ4v) is 3.65. The Morgan fingerprint density at radius 1 is 1.10 bits per heavy atom. The lowest BCUT2D eigenvalue weighted by molar-refractivity contribution is -0.125. The van der Waals surface area contributed by atoms with Gasteiger partial charge in [0.15, 0.2) is 5.82 Å². The Morgan fingerprint density at radius 3 is 2.63 bits per heavy atom. The van der Waals surface area contributed by atoms with Gasteiger partial charge in [0.1, 0.15) is 0 Å². The third kappa shape index (κ3) is 4.49. The fourth-order valence-electron chi connectivity index (χ4n) is 2.93. The summed E-state index contributed by atoms with van der Waals surface area (Å²) < 4.78 is 1.64. The quantitative estimate of drug-likeness (QED) is 0.632. The molecule has 0 atom stereocenters. The van der Waals surface area contributed by atoms with Crippen molar-refractivity contribution in [3.63, 3.8) is 0 Å². The standard InChI is InChI=1S/C20H18N6O3S/c27-17-13-30-20(29)25(17)12-14-4-6-16(7-5-14)24-19(28)22-11-15-3-1-8-21-18(15)26-10-2-9-23-26/h1-10H,11-13H2,(H2,22,24,28). The molecule has 0 unspecified atom stereocenters. The zero-order chi connectivity index (χ0) is 20.9. The molecule has 2 N–H and O–H groups in total. The van der Waals surface area contributed by atoms with E-state index in [2.05, 4.69) is 20.7 Å². The zero-order valence-corrected chi connectivity index (χ0v) is 16.6. The van der Waals surface area contributed by atoms with Crippen molar-refractivity contribution in [2.24, 2.45) is 0 Å². The van der Waals surface area contributed by atoms with Crippen LogP contribution in [0.15, 0.2) is 61.1 Å². The van der Waals surface area contributed by atoms with Crippen LogP contribution in [-0.2, 0) is 17.9 Å². The maximum absolute atomic E-state index is 12.3. The fraction of sp³-hybridized carbons (Fsp3) is 0.150. The van der Waals surface area contributed by atoms with Gasteiger partial charge in [0, 0.05) is 36.4 Å². The molecular formula is C20H18N6O3S. The summed E-state index contributed by atoms with van der Waals surface area (Å²) >= 11 is 1.01. The van der Waals surface area contributed by atoms with E-state index in [1.54, 1.807) is 59.7 Å². The number of hydrogen-bond acceptors (Lipinski definition) is 6. The lowest BCUT2D eigenvalue weighted by Crippen LogP contribution is -2.29. The number of pyridine rings is 1. The van der Waals surface area contributed by atoms with Crippen molar-refractivity contribution in [3.05, 3.63) is 72.2 Å². The van der Waals surface area contributed by atoms with Crippen LogP contribution in [0, 0.1) is 0 Å². The molecule has 9 nitrogen and oxygen atoms in total. The molecule has 4 rings (SSSR count). The van der Waals surface area contributed by atoms with E-state index < -0.39 is 0 Å². The lowest BCUT2D eigenvalue weighted by Gasteiger charge is -2.13. The Kier molecular flexibility index (Phi) is 5.75.